The molecule has 0 aromatic heterocycles. The van der Waals surface area contributed by atoms with Crippen LogP contribution in [-0.4, -0.2) is 20.8 Å². The van der Waals surface area contributed by atoms with Crippen LogP contribution in [0.25, 0.3) is 0 Å². The molecule has 1 aromatic rings. The Morgan fingerprint density at radius 1 is 1.39 bits per heavy atom. The summed E-state index contributed by atoms with van der Waals surface area (Å²) >= 11 is 3.52. The lowest BCUT2D eigenvalue weighted by atomic mass is 10.2. The first-order valence-corrected chi connectivity index (χ1v) is 6.65. The minimum Gasteiger partial charge on any atom is -0.493 e. The van der Waals surface area contributed by atoms with E-state index in [-0.39, 0.29) is 0 Å². The van der Waals surface area contributed by atoms with Gasteiger partial charge in [-0.1, -0.05) is 5.57 Å². The minimum absolute atomic E-state index is 0.544. The fraction of sp³-hybridized carbons (Fsp3) is 0.429. The lowest BCUT2D eigenvalue weighted by Gasteiger charge is -2.13. The molecule has 0 bridgehead atoms. The SMILES string of the molecule is CNCc1cc(Br)c(OCC=C(C)C)c(OC)c1. The molecule has 1 N–H and O–H groups in total. The molecule has 0 amide bonds. The molecule has 0 unspecified atom stereocenters. The zero-order valence-electron chi connectivity index (χ0n) is 11.3. The van der Waals surface area contributed by atoms with Gasteiger partial charge in [0.2, 0.25) is 0 Å². The smallest absolute Gasteiger partial charge is 0.175 e. The average molecular weight is 314 g/mol. The molecule has 0 aliphatic carbocycles. The molecule has 0 heterocycles. The van der Waals surface area contributed by atoms with Gasteiger partial charge in [0.25, 0.3) is 0 Å². The van der Waals surface area contributed by atoms with Crippen molar-refractivity contribution in [2.45, 2.75) is 20.4 Å². The first kappa shape index (κ1) is 15.1. The van der Waals surface area contributed by atoms with Crippen LogP contribution in [0.3, 0.4) is 0 Å². The summed E-state index contributed by atoms with van der Waals surface area (Å²) in [5.41, 5.74) is 2.38. The molecule has 0 aliphatic heterocycles. The van der Waals surface area contributed by atoms with Gasteiger partial charge in [0, 0.05) is 6.54 Å². The van der Waals surface area contributed by atoms with Gasteiger partial charge < -0.3 is 14.8 Å². The number of hydrogen-bond donors (Lipinski definition) is 1. The highest BCUT2D eigenvalue weighted by Gasteiger charge is 2.10. The van der Waals surface area contributed by atoms with Crippen LogP contribution in [0.1, 0.15) is 19.4 Å². The second-order valence-electron chi connectivity index (χ2n) is 4.23. The van der Waals surface area contributed by atoms with E-state index >= 15 is 0 Å². The molecular formula is C14H20BrNO2. The van der Waals surface area contributed by atoms with Crippen molar-refractivity contribution >= 4 is 15.9 Å². The van der Waals surface area contributed by atoms with Crippen molar-refractivity contribution in [2.75, 3.05) is 20.8 Å². The van der Waals surface area contributed by atoms with Gasteiger partial charge in [0.1, 0.15) is 6.61 Å². The van der Waals surface area contributed by atoms with Crippen LogP contribution in [0.4, 0.5) is 0 Å². The van der Waals surface area contributed by atoms with Gasteiger partial charge in [-0.15, -0.1) is 0 Å². The molecule has 4 heteroatoms. The molecule has 100 valence electrons. The highest BCUT2D eigenvalue weighted by molar-refractivity contribution is 9.10. The monoisotopic (exact) mass is 313 g/mol. The fourth-order valence-electron chi connectivity index (χ4n) is 1.51. The molecule has 0 radical (unpaired) electrons. The molecule has 1 aromatic carbocycles. The number of halogens is 1. The summed E-state index contributed by atoms with van der Waals surface area (Å²) in [6.07, 6.45) is 2.04. The largest absolute Gasteiger partial charge is 0.493 e. The number of ether oxygens (including phenoxy) is 2. The molecule has 0 saturated heterocycles. The molecule has 0 fully saturated rings. The predicted octanol–water partition coefficient (Wildman–Crippen LogP) is 3.52. The summed E-state index contributed by atoms with van der Waals surface area (Å²) in [5, 5.41) is 3.11. The van der Waals surface area contributed by atoms with Crippen molar-refractivity contribution in [3.05, 3.63) is 33.8 Å². The lowest BCUT2D eigenvalue weighted by molar-refractivity contribution is 0.323. The zero-order chi connectivity index (χ0) is 13.5. The molecular weight excluding hydrogens is 294 g/mol. The van der Waals surface area contributed by atoms with Gasteiger partial charge in [-0.05, 0) is 60.6 Å². The van der Waals surface area contributed by atoms with E-state index in [1.165, 1.54) is 5.57 Å². The minimum atomic E-state index is 0.544. The van der Waals surface area contributed by atoms with Crippen molar-refractivity contribution in [3.63, 3.8) is 0 Å². The maximum atomic E-state index is 5.73. The van der Waals surface area contributed by atoms with Crippen LogP contribution < -0.4 is 14.8 Å². The first-order valence-electron chi connectivity index (χ1n) is 5.85. The summed E-state index contributed by atoms with van der Waals surface area (Å²) in [7, 11) is 3.57. The van der Waals surface area contributed by atoms with E-state index in [2.05, 4.69) is 21.2 Å². The van der Waals surface area contributed by atoms with Crippen molar-refractivity contribution in [3.8, 4) is 11.5 Å². The van der Waals surface area contributed by atoms with Crippen molar-refractivity contribution in [1.82, 2.24) is 5.32 Å². The molecule has 0 saturated carbocycles. The van der Waals surface area contributed by atoms with Gasteiger partial charge in [0.05, 0.1) is 11.6 Å². The Labute approximate surface area is 117 Å². The number of benzene rings is 1. The van der Waals surface area contributed by atoms with Gasteiger partial charge in [-0.25, -0.2) is 0 Å². The molecule has 0 aliphatic rings. The Hall–Kier alpha value is -1.00. The van der Waals surface area contributed by atoms with Crippen molar-refractivity contribution < 1.29 is 9.47 Å². The third kappa shape index (κ3) is 4.35. The highest BCUT2D eigenvalue weighted by atomic mass is 79.9. The summed E-state index contributed by atoms with van der Waals surface area (Å²) in [4.78, 5) is 0. The predicted molar refractivity (Wildman–Crippen MR) is 78.4 cm³/mol. The van der Waals surface area contributed by atoms with Gasteiger partial charge in [-0.3, -0.25) is 0 Å². The van der Waals surface area contributed by atoms with E-state index < -0.39 is 0 Å². The summed E-state index contributed by atoms with van der Waals surface area (Å²) in [6.45, 7) is 5.43. The third-order valence-electron chi connectivity index (χ3n) is 2.39. The fourth-order valence-corrected chi connectivity index (χ4v) is 2.12. The van der Waals surface area contributed by atoms with E-state index in [1.54, 1.807) is 7.11 Å². The number of methoxy groups -OCH3 is 1. The Kier molecular flexibility index (Phi) is 6.22. The second kappa shape index (κ2) is 7.44. The van der Waals surface area contributed by atoms with E-state index in [9.17, 15) is 0 Å². The third-order valence-corrected chi connectivity index (χ3v) is 2.98. The van der Waals surface area contributed by atoms with E-state index in [1.807, 2.05) is 39.1 Å². The Bertz CT molecular complexity index is 426. The summed E-state index contributed by atoms with van der Waals surface area (Å²) in [5.74, 6) is 1.49. The van der Waals surface area contributed by atoms with Crippen LogP contribution in [0.2, 0.25) is 0 Å². The van der Waals surface area contributed by atoms with Crippen molar-refractivity contribution in [2.24, 2.45) is 0 Å². The van der Waals surface area contributed by atoms with Crippen LogP contribution >= 0.6 is 15.9 Å². The van der Waals surface area contributed by atoms with E-state index in [4.69, 9.17) is 9.47 Å². The van der Waals surface area contributed by atoms with Gasteiger partial charge in [-0.2, -0.15) is 0 Å². The maximum absolute atomic E-state index is 5.73. The highest BCUT2D eigenvalue weighted by Crippen LogP contribution is 2.36. The average Bonchev–Trinajstić information content (AvgIpc) is 2.31. The number of nitrogens with one attached hydrogen (secondary N) is 1. The molecule has 3 nitrogen and oxygen atoms in total. The number of allylic oxidation sites excluding steroid dienone is 1. The summed E-state index contributed by atoms with van der Waals surface area (Å²) < 4.78 is 12.0. The maximum Gasteiger partial charge on any atom is 0.175 e. The Balaban J connectivity index is 2.92. The Morgan fingerprint density at radius 2 is 2.11 bits per heavy atom. The van der Waals surface area contributed by atoms with Crippen LogP contribution in [-0.2, 0) is 6.54 Å². The summed E-state index contributed by atoms with van der Waals surface area (Å²) in [6, 6.07) is 4.02. The number of rotatable bonds is 6. The normalized spacial score (nSPS) is 10.1. The van der Waals surface area contributed by atoms with Crippen molar-refractivity contribution in [1.29, 1.82) is 0 Å². The van der Waals surface area contributed by atoms with Crippen LogP contribution in [0.15, 0.2) is 28.3 Å². The van der Waals surface area contributed by atoms with E-state index in [0.717, 1.165) is 28.1 Å². The van der Waals surface area contributed by atoms with Gasteiger partial charge in [0.15, 0.2) is 11.5 Å². The Morgan fingerprint density at radius 3 is 2.67 bits per heavy atom. The molecule has 0 spiro atoms. The second-order valence-corrected chi connectivity index (χ2v) is 5.09. The van der Waals surface area contributed by atoms with Gasteiger partial charge >= 0.3 is 0 Å². The molecule has 1 rings (SSSR count). The number of hydrogen-bond acceptors (Lipinski definition) is 3. The molecule has 0 atom stereocenters. The van der Waals surface area contributed by atoms with E-state index in [0.29, 0.717) is 6.61 Å². The zero-order valence-corrected chi connectivity index (χ0v) is 12.9. The van der Waals surface area contributed by atoms with Crippen LogP contribution in [0, 0.1) is 0 Å². The standard InChI is InChI=1S/C14H20BrNO2/c1-10(2)5-6-18-14-12(15)7-11(9-16-3)8-13(14)17-4/h5,7-8,16H,6,9H2,1-4H3. The lowest BCUT2D eigenvalue weighted by Crippen LogP contribution is -2.06. The van der Waals surface area contributed by atoms with Crippen LogP contribution in [0.5, 0.6) is 11.5 Å². The molecule has 18 heavy (non-hydrogen) atoms. The quantitative estimate of drug-likeness (QED) is 0.815. The first-order chi connectivity index (χ1) is 8.58. The topological polar surface area (TPSA) is 30.5 Å².